The lowest BCUT2D eigenvalue weighted by molar-refractivity contribution is 0.102. The molecule has 1 amide bonds. The maximum Gasteiger partial charge on any atom is 0.256 e. The predicted molar refractivity (Wildman–Crippen MR) is 138 cm³/mol. The molecule has 176 valence electrons. The summed E-state index contributed by atoms with van der Waals surface area (Å²) in [7, 11) is 2.13. The van der Waals surface area contributed by atoms with Crippen LogP contribution in [0.5, 0.6) is 0 Å². The number of nitrogens with zero attached hydrogens (tertiary/aromatic N) is 6. The molecule has 4 aromatic rings. The van der Waals surface area contributed by atoms with Gasteiger partial charge in [0.2, 0.25) is 0 Å². The van der Waals surface area contributed by atoms with E-state index in [-0.39, 0.29) is 11.9 Å². The molecule has 0 aliphatic carbocycles. The number of likely N-dealkylation sites (N-methyl/N-ethyl adjacent to an activating group) is 1. The van der Waals surface area contributed by atoms with Gasteiger partial charge in [0, 0.05) is 37.1 Å². The van der Waals surface area contributed by atoms with Crippen molar-refractivity contribution in [3.05, 3.63) is 53.2 Å². The van der Waals surface area contributed by atoms with E-state index < -0.39 is 0 Å². The molecule has 4 aromatic heterocycles. The minimum Gasteiger partial charge on any atom is -0.354 e. The second kappa shape index (κ2) is 9.15. The van der Waals surface area contributed by atoms with Gasteiger partial charge < -0.3 is 15.1 Å². The Bertz CT molecular complexity index is 1320. The van der Waals surface area contributed by atoms with E-state index in [0.29, 0.717) is 16.9 Å². The van der Waals surface area contributed by atoms with Crippen molar-refractivity contribution in [3.8, 4) is 10.6 Å². The molecule has 1 aliphatic heterocycles. The molecule has 9 heteroatoms. The summed E-state index contributed by atoms with van der Waals surface area (Å²) in [5.41, 5.74) is 2.72. The van der Waals surface area contributed by atoms with Crippen molar-refractivity contribution in [3.63, 3.8) is 0 Å². The number of amides is 1. The molecule has 1 fully saturated rings. The first-order valence-corrected chi connectivity index (χ1v) is 12.4. The lowest BCUT2D eigenvalue weighted by atomic mass is 10.1. The fourth-order valence-corrected chi connectivity index (χ4v) is 4.99. The molecule has 5 rings (SSSR count). The first kappa shape index (κ1) is 22.5. The van der Waals surface area contributed by atoms with E-state index in [1.54, 1.807) is 23.7 Å². The largest absolute Gasteiger partial charge is 0.354 e. The third kappa shape index (κ3) is 4.41. The van der Waals surface area contributed by atoms with E-state index in [9.17, 15) is 4.79 Å². The van der Waals surface area contributed by atoms with Gasteiger partial charge in [0.05, 0.1) is 39.6 Å². The number of rotatable bonds is 5. The quantitative estimate of drug-likeness (QED) is 0.460. The van der Waals surface area contributed by atoms with Gasteiger partial charge in [-0.05, 0) is 58.2 Å². The Labute approximate surface area is 203 Å². The number of nitrogens with one attached hydrogen (secondary N) is 1. The molecule has 0 atom stereocenters. The average Bonchev–Trinajstić information content (AvgIpc) is 3.46. The molecule has 5 heterocycles. The molecular weight excluding hydrogens is 446 g/mol. The molecule has 1 N–H and O–H groups in total. The van der Waals surface area contributed by atoms with Gasteiger partial charge >= 0.3 is 0 Å². The highest BCUT2D eigenvalue weighted by atomic mass is 32.1. The van der Waals surface area contributed by atoms with Crippen LogP contribution in [0.15, 0.2) is 42.7 Å². The zero-order valence-electron chi connectivity index (χ0n) is 19.9. The molecule has 0 unspecified atom stereocenters. The van der Waals surface area contributed by atoms with E-state index in [2.05, 4.69) is 59.1 Å². The van der Waals surface area contributed by atoms with Crippen LogP contribution in [0.1, 0.15) is 35.1 Å². The summed E-state index contributed by atoms with van der Waals surface area (Å²) in [4.78, 5) is 29.7. The predicted octanol–water partition coefficient (Wildman–Crippen LogP) is 4.45. The van der Waals surface area contributed by atoms with E-state index in [4.69, 9.17) is 4.98 Å². The van der Waals surface area contributed by atoms with Crippen molar-refractivity contribution in [2.24, 2.45) is 0 Å². The molecule has 0 radical (unpaired) electrons. The van der Waals surface area contributed by atoms with Crippen LogP contribution in [0.4, 0.5) is 11.5 Å². The molecule has 8 nitrogen and oxygen atoms in total. The number of pyridine rings is 2. The summed E-state index contributed by atoms with van der Waals surface area (Å²) in [6.07, 6.45) is 3.46. The molecule has 0 aromatic carbocycles. The number of carbonyl (C=O) groups is 1. The zero-order valence-corrected chi connectivity index (χ0v) is 20.8. The van der Waals surface area contributed by atoms with Crippen molar-refractivity contribution in [1.82, 2.24) is 24.6 Å². The third-order valence-electron chi connectivity index (χ3n) is 6.13. The summed E-state index contributed by atoms with van der Waals surface area (Å²) < 4.78 is 1.86. The van der Waals surface area contributed by atoms with Crippen LogP contribution >= 0.6 is 11.3 Å². The molecule has 0 bridgehead atoms. The fraction of sp³-hybridized carbons (Fsp3) is 0.360. The second-order valence-corrected chi connectivity index (χ2v) is 10.3. The SMILES string of the molecule is Cc1ccc(-c2cc(C(=O)Nc3ccc(N4CCN(C)CC4)nc3)c3cnn(C(C)C)c3n2)s1. The van der Waals surface area contributed by atoms with E-state index in [1.165, 1.54) is 4.88 Å². The Morgan fingerprint density at radius 2 is 1.88 bits per heavy atom. The van der Waals surface area contributed by atoms with Crippen LogP contribution in [0, 0.1) is 6.92 Å². The molecule has 0 saturated carbocycles. The lowest BCUT2D eigenvalue weighted by Gasteiger charge is -2.33. The number of hydrogen-bond donors (Lipinski definition) is 1. The van der Waals surface area contributed by atoms with Gasteiger partial charge in [-0.25, -0.2) is 14.6 Å². The van der Waals surface area contributed by atoms with Gasteiger partial charge in [-0.3, -0.25) is 4.79 Å². The maximum atomic E-state index is 13.4. The topological polar surface area (TPSA) is 79.2 Å². The fourth-order valence-electron chi connectivity index (χ4n) is 4.16. The molecule has 1 aliphatic rings. The highest BCUT2D eigenvalue weighted by Crippen LogP contribution is 2.31. The standard InChI is InChI=1S/C25H29N7OS/c1-16(2)32-24-20(15-27-32)19(13-21(29-24)22-7-5-17(3)34-22)25(33)28-18-6-8-23(26-14-18)31-11-9-30(4)10-12-31/h5-8,13-16H,9-12H2,1-4H3,(H,28,33). The summed E-state index contributed by atoms with van der Waals surface area (Å²) in [6.45, 7) is 10.1. The second-order valence-electron chi connectivity index (χ2n) is 9.04. The molecule has 34 heavy (non-hydrogen) atoms. The third-order valence-corrected chi connectivity index (χ3v) is 7.15. The highest BCUT2D eigenvalue weighted by molar-refractivity contribution is 7.15. The number of thiophene rings is 1. The minimum absolute atomic E-state index is 0.132. The normalized spacial score (nSPS) is 14.8. The van der Waals surface area contributed by atoms with Gasteiger partial charge in [-0.1, -0.05) is 0 Å². The Balaban J connectivity index is 1.44. The number of fused-ring (bicyclic) bond motifs is 1. The van der Waals surface area contributed by atoms with Gasteiger partial charge in [-0.15, -0.1) is 11.3 Å². The summed E-state index contributed by atoms with van der Waals surface area (Å²) >= 11 is 1.66. The van der Waals surface area contributed by atoms with Crippen LogP contribution in [0.25, 0.3) is 21.6 Å². The molecule has 1 saturated heterocycles. The van der Waals surface area contributed by atoms with Crippen LogP contribution in [-0.2, 0) is 0 Å². The average molecular weight is 476 g/mol. The van der Waals surface area contributed by atoms with Crippen molar-refractivity contribution in [2.45, 2.75) is 26.8 Å². The number of aryl methyl sites for hydroxylation is 1. The van der Waals surface area contributed by atoms with Gasteiger partial charge in [0.25, 0.3) is 5.91 Å². The minimum atomic E-state index is -0.195. The maximum absolute atomic E-state index is 13.4. The number of anilines is 2. The zero-order chi connectivity index (χ0) is 23.8. The van der Waals surface area contributed by atoms with Crippen molar-refractivity contribution in [2.75, 3.05) is 43.4 Å². The van der Waals surface area contributed by atoms with Crippen LogP contribution < -0.4 is 10.2 Å². The Morgan fingerprint density at radius 1 is 1.09 bits per heavy atom. The van der Waals surface area contributed by atoms with Crippen LogP contribution in [0.3, 0.4) is 0 Å². The number of carbonyl (C=O) groups excluding carboxylic acids is 1. The monoisotopic (exact) mass is 475 g/mol. The van der Waals surface area contributed by atoms with Gasteiger partial charge in [0.1, 0.15) is 5.82 Å². The first-order chi connectivity index (χ1) is 16.4. The molecular formula is C25H29N7OS. The summed E-state index contributed by atoms with van der Waals surface area (Å²) in [5.74, 6) is 0.741. The van der Waals surface area contributed by atoms with E-state index in [1.807, 2.05) is 28.9 Å². The van der Waals surface area contributed by atoms with E-state index >= 15 is 0 Å². The van der Waals surface area contributed by atoms with Gasteiger partial charge in [-0.2, -0.15) is 5.10 Å². The highest BCUT2D eigenvalue weighted by Gasteiger charge is 2.20. The Kier molecular flexibility index (Phi) is 6.05. The van der Waals surface area contributed by atoms with Crippen LogP contribution in [-0.4, -0.2) is 63.8 Å². The van der Waals surface area contributed by atoms with E-state index in [0.717, 1.165) is 48.0 Å². The number of piperazine rings is 1. The molecule has 0 spiro atoms. The smallest absolute Gasteiger partial charge is 0.256 e. The van der Waals surface area contributed by atoms with Gasteiger partial charge in [0.15, 0.2) is 5.65 Å². The Hall–Kier alpha value is -3.30. The van der Waals surface area contributed by atoms with Crippen molar-refractivity contribution >= 4 is 39.8 Å². The lowest BCUT2D eigenvalue weighted by Crippen LogP contribution is -2.44. The Morgan fingerprint density at radius 3 is 2.53 bits per heavy atom. The van der Waals surface area contributed by atoms with Crippen molar-refractivity contribution < 1.29 is 4.79 Å². The number of hydrogen-bond acceptors (Lipinski definition) is 7. The summed E-state index contributed by atoms with van der Waals surface area (Å²) in [5, 5.41) is 8.27. The van der Waals surface area contributed by atoms with Crippen molar-refractivity contribution in [1.29, 1.82) is 0 Å². The first-order valence-electron chi connectivity index (χ1n) is 11.5. The summed E-state index contributed by atoms with van der Waals surface area (Å²) in [6, 6.07) is 10.00. The number of aromatic nitrogens is 4. The van der Waals surface area contributed by atoms with Crippen LogP contribution in [0.2, 0.25) is 0 Å².